The van der Waals surface area contributed by atoms with E-state index in [-0.39, 0.29) is 18.9 Å². The fourth-order valence-electron chi connectivity index (χ4n) is 4.15. The van der Waals surface area contributed by atoms with Gasteiger partial charge >= 0.3 is 0 Å². The van der Waals surface area contributed by atoms with Crippen molar-refractivity contribution in [2.45, 2.75) is 13.0 Å². The first-order valence-corrected chi connectivity index (χ1v) is 10.4. The molecule has 2 aliphatic rings. The van der Waals surface area contributed by atoms with Gasteiger partial charge in [-0.2, -0.15) is 0 Å². The molecule has 1 saturated heterocycles. The Labute approximate surface area is 190 Å². The van der Waals surface area contributed by atoms with Gasteiger partial charge in [0.2, 0.25) is 11.8 Å². The SMILES string of the molecule is COc1ccc2c(c1)C(=O)N(C[C@@]1(C#Cc3ccc(-n4ccnc4)cc3)CC(=O)NC1=O)C2. The van der Waals surface area contributed by atoms with E-state index in [4.69, 9.17) is 4.74 Å². The quantitative estimate of drug-likeness (QED) is 0.494. The van der Waals surface area contributed by atoms with Crippen LogP contribution >= 0.6 is 0 Å². The van der Waals surface area contributed by atoms with E-state index in [1.165, 1.54) is 0 Å². The van der Waals surface area contributed by atoms with E-state index in [9.17, 15) is 14.4 Å². The number of carbonyl (C=O) groups excluding carboxylic acids is 3. The molecule has 0 spiro atoms. The molecule has 8 heteroatoms. The minimum absolute atomic E-state index is 0.0283. The van der Waals surface area contributed by atoms with Crippen LogP contribution in [0.15, 0.2) is 61.2 Å². The minimum Gasteiger partial charge on any atom is -0.497 e. The number of amides is 3. The Morgan fingerprint density at radius 1 is 1.15 bits per heavy atom. The van der Waals surface area contributed by atoms with Crippen LogP contribution in [0.25, 0.3) is 5.69 Å². The smallest absolute Gasteiger partial charge is 0.254 e. The zero-order chi connectivity index (χ0) is 23.0. The fourth-order valence-corrected chi connectivity index (χ4v) is 4.15. The Morgan fingerprint density at radius 2 is 1.97 bits per heavy atom. The summed E-state index contributed by atoms with van der Waals surface area (Å²) in [6.07, 6.45) is 5.15. The zero-order valence-electron chi connectivity index (χ0n) is 17.9. The molecule has 164 valence electrons. The van der Waals surface area contributed by atoms with E-state index in [0.717, 1.165) is 11.3 Å². The maximum Gasteiger partial charge on any atom is 0.254 e. The predicted octanol–water partition coefficient (Wildman–Crippen LogP) is 1.92. The molecule has 1 fully saturated rings. The molecule has 0 aliphatic carbocycles. The van der Waals surface area contributed by atoms with Gasteiger partial charge in [0, 0.05) is 42.3 Å². The van der Waals surface area contributed by atoms with Crippen LogP contribution in [0.4, 0.5) is 0 Å². The first-order valence-electron chi connectivity index (χ1n) is 10.4. The lowest BCUT2D eigenvalue weighted by Gasteiger charge is -2.25. The summed E-state index contributed by atoms with van der Waals surface area (Å²) >= 11 is 0. The molecule has 0 unspecified atom stereocenters. The number of rotatable bonds is 4. The fraction of sp³-hybridized carbons (Fsp3) is 0.200. The Morgan fingerprint density at radius 3 is 2.64 bits per heavy atom. The van der Waals surface area contributed by atoms with Crippen LogP contribution in [0.3, 0.4) is 0 Å². The number of hydrogen-bond acceptors (Lipinski definition) is 5. The molecule has 1 N–H and O–H groups in total. The highest BCUT2D eigenvalue weighted by atomic mass is 16.5. The second-order valence-electron chi connectivity index (χ2n) is 8.09. The summed E-state index contributed by atoms with van der Waals surface area (Å²) in [5.41, 5.74) is 1.71. The monoisotopic (exact) mass is 440 g/mol. The van der Waals surface area contributed by atoms with Gasteiger partial charge < -0.3 is 14.2 Å². The average Bonchev–Trinajstić information content (AvgIpc) is 3.52. The van der Waals surface area contributed by atoms with Crippen LogP contribution in [0.2, 0.25) is 0 Å². The van der Waals surface area contributed by atoms with Crippen LogP contribution in [-0.4, -0.2) is 45.8 Å². The molecule has 1 aromatic heterocycles. The van der Waals surface area contributed by atoms with Crippen LogP contribution in [-0.2, 0) is 16.1 Å². The summed E-state index contributed by atoms with van der Waals surface area (Å²) < 4.78 is 7.09. The molecule has 0 radical (unpaired) electrons. The number of hydrogen-bond donors (Lipinski definition) is 1. The number of aromatic nitrogens is 2. The molecule has 2 aliphatic heterocycles. The second-order valence-corrected chi connectivity index (χ2v) is 8.09. The molecule has 0 bridgehead atoms. The number of ether oxygens (including phenoxy) is 1. The summed E-state index contributed by atoms with van der Waals surface area (Å²) in [6, 6.07) is 12.8. The third kappa shape index (κ3) is 3.74. The molecule has 3 heterocycles. The van der Waals surface area contributed by atoms with Crippen molar-refractivity contribution < 1.29 is 19.1 Å². The number of methoxy groups -OCH3 is 1. The highest BCUT2D eigenvalue weighted by Gasteiger charge is 2.48. The topological polar surface area (TPSA) is 93.5 Å². The molecule has 5 rings (SSSR count). The highest BCUT2D eigenvalue weighted by Crippen LogP contribution is 2.33. The van der Waals surface area contributed by atoms with Gasteiger partial charge in [-0.1, -0.05) is 17.9 Å². The number of imidazole rings is 1. The summed E-state index contributed by atoms with van der Waals surface area (Å²) in [7, 11) is 1.54. The third-order valence-corrected chi connectivity index (χ3v) is 5.92. The molecule has 3 aromatic rings. The maximum absolute atomic E-state index is 13.0. The van der Waals surface area contributed by atoms with Gasteiger partial charge in [-0.25, -0.2) is 4.98 Å². The van der Waals surface area contributed by atoms with E-state index in [2.05, 4.69) is 22.1 Å². The lowest BCUT2D eigenvalue weighted by molar-refractivity contribution is -0.127. The molecule has 2 aromatic carbocycles. The van der Waals surface area contributed by atoms with Crippen molar-refractivity contribution in [2.24, 2.45) is 5.41 Å². The average molecular weight is 440 g/mol. The van der Waals surface area contributed by atoms with E-state index < -0.39 is 17.2 Å². The molecule has 1 atom stereocenters. The van der Waals surface area contributed by atoms with Gasteiger partial charge in [-0.05, 0) is 42.0 Å². The molecule has 33 heavy (non-hydrogen) atoms. The van der Waals surface area contributed by atoms with Crippen molar-refractivity contribution >= 4 is 17.7 Å². The van der Waals surface area contributed by atoms with Crippen LogP contribution in [0.5, 0.6) is 5.75 Å². The lowest BCUT2D eigenvalue weighted by atomic mass is 9.85. The number of carbonyl (C=O) groups is 3. The van der Waals surface area contributed by atoms with E-state index in [1.54, 1.807) is 36.7 Å². The van der Waals surface area contributed by atoms with Gasteiger partial charge in [-0.15, -0.1) is 0 Å². The number of imide groups is 1. The van der Waals surface area contributed by atoms with Crippen molar-refractivity contribution in [2.75, 3.05) is 13.7 Å². The van der Waals surface area contributed by atoms with E-state index in [1.807, 2.05) is 41.1 Å². The van der Waals surface area contributed by atoms with Gasteiger partial charge in [0.15, 0.2) is 0 Å². The summed E-state index contributed by atoms with van der Waals surface area (Å²) in [4.78, 5) is 43.5. The Balaban J connectivity index is 1.42. The van der Waals surface area contributed by atoms with Crippen LogP contribution < -0.4 is 10.1 Å². The highest BCUT2D eigenvalue weighted by molar-refractivity contribution is 6.08. The second kappa shape index (κ2) is 7.95. The number of benzene rings is 2. The molecule has 8 nitrogen and oxygen atoms in total. The summed E-state index contributed by atoms with van der Waals surface area (Å²) in [5.74, 6) is 5.57. The Hall–Kier alpha value is -4.38. The van der Waals surface area contributed by atoms with Crippen LogP contribution in [0, 0.1) is 17.3 Å². The first-order chi connectivity index (χ1) is 16.0. The van der Waals surface area contributed by atoms with Crippen molar-refractivity contribution in [3.05, 3.63) is 77.9 Å². The maximum atomic E-state index is 13.0. The normalized spacial score (nSPS) is 19.2. The van der Waals surface area contributed by atoms with E-state index >= 15 is 0 Å². The van der Waals surface area contributed by atoms with Gasteiger partial charge in [0.1, 0.15) is 11.2 Å². The molecular weight excluding hydrogens is 420 g/mol. The van der Waals surface area contributed by atoms with Gasteiger partial charge in [0.25, 0.3) is 5.91 Å². The van der Waals surface area contributed by atoms with Gasteiger partial charge in [0.05, 0.1) is 19.9 Å². The molecule has 0 saturated carbocycles. The number of nitrogens with zero attached hydrogens (tertiary/aromatic N) is 3. The molecule has 3 amide bonds. The minimum atomic E-state index is -1.30. The lowest BCUT2D eigenvalue weighted by Crippen LogP contribution is -2.42. The largest absolute Gasteiger partial charge is 0.497 e. The molecular formula is C25H20N4O4. The first kappa shape index (κ1) is 20.5. The number of nitrogens with one attached hydrogen (secondary N) is 1. The van der Waals surface area contributed by atoms with Crippen LogP contribution in [0.1, 0.15) is 27.9 Å². The number of fused-ring (bicyclic) bond motifs is 1. The Bertz CT molecular complexity index is 1320. The summed E-state index contributed by atoms with van der Waals surface area (Å²) in [6.45, 7) is 0.378. The Kier molecular flexibility index (Phi) is 4.94. The van der Waals surface area contributed by atoms with Crippen molar-refractivity contribution in [1.29, 1.82) is 0 Å². The predicted molar refractivity (Wildman–Crippen MR) is 118 cm³/mol. The summed E-state index contributed by atoms with van der Waals surface area (Å²) in [5, 5.41) is 2.35. The zero-order valence-corrected chi connectivity index (χ0v) is 17.9. The third-order valence-electron chi connectivity index (χ3n) is 5.92. The van der Waals surface area contributed by atoms with E-state index in [0.29, 0.717) is 23.4 Å². The van der Waals surface area contributed by atoms with Gasteiger partial charge in [-0.3, -0.25) is 19.7 Å². The van der Waals surface area contributed by atoms with Crippen molar-refractivity contribution in [3.8, 4) is 23.3 Å². The standard InChI is InChI=1S/C25H20N4O4/c1-33-20-7-4-18-14-29(23(31)21(18)12-20)15-25(13-22(30)27-24(25)32)9-8-17-2-5-19(6-3-17)28-11-10-26-16-28/h2-7,10-12,16H,13-15H2,1H3,(H,27,30,32)/t25-/m1/s1. The van der Waals surface area contributed by atoms with Crippen molar-refractivity contribution in [1.82, 2.24) is 19.8 Å². The van der Waals surface area contributed by atoms with Crippen molar-refractivity contribution in [3.63, 3.8) is 0 Å².